The van der Waals surface area contributed by atoms with Crippen LogP contribution >= 0.6 is 0 Å². The van der Waals surface area contributed by atoms with E-state index in [1.807, 2.05) is 0 Å². The molecule has 0 aliphatic carbocycles. The highest BCUT2D eigenvalue weighted by atomic mass is 19.4. The Morgan fingerprint density at radius 3 is 2.73 bits per heavy atom. The number of rotatable bonds is 3. The third kappa shape index (κ3) is 2.69. The minimum Gasteiger partial charge on any atom is -0.487 e. The molecule has 0 fully saturated rings. The van der Waals surface area contributed by atoms with Gasteiger partial charge >= 0.3 is 6.18 Å². The van der Waals surface area contributed by atoms with Gasteiger partial charge in [0.05, 0.1) is 17.5 Å². The second-order valence-electron chi connectivity index (χ2n) is 4.72. The first-order valence-corrected chi connectivity index (χ1v) is 6.45. The predicted octanol–water partition coefficient (Wildman–Crippen LogP) is 3.51. The van der Waals surface area contributed by atoms with E-state index in [1.165, 1.54) is 18.2 Å². The van der Waals surface area contributed by atoms with Crippen molar-refractivity contribution in [2.75, 3.05) is 5.73 Å². The molecule has 3 rings (SSSR count). The number of halogens is 3. The zero-order valence-corrected chi connectivity index (χ0v) is 11.3. The van der Waals surface area contributed by atoms with Crippen LogP contribution in [0.1, 0.15) is 11.3 Å². The van der Waals surface area contributed by atoms with Crippen LogP contribution in [0.15, 0.2) is 48.8 Å². The molecule has 0 unspecified atom stereocenters. The van der Waals surface area contributed by atoms with E-state index >= 15 is 0 Å². The normalized spacial score (nSPS) is 11.8. The minimum atomic E-state index is -4.45. The highest BCUT2D eigenvalue weighted by molar-refractivity contribution is 5.52. The van der Waals surface area contributed by atoms with Gasteiger partial charge in [-0.15, -0.1) is 0 Å². The third-order valence-electron chi connectivity index (χ3n) is 3.18. The number of hydrogen-bond donors (Lipinski definition) is 1. The van der Waals surface area contributed by atoms with Crippen LogP contribution in [0.25, 0.3) is 5.65 Å². The Morgan fingerprint density at radius 2 is 1.95 bits per heavy atom. The number of nitrogens with two attached hydrogens (primary N) is 1. The lowest BCUT2D eigenvalue weighted by atomic mass is 10.2. The van der Waals surface area contributed by atoms with Crippen LogP contribution in [0.4, 0.5) is 18.9 Å². The number of para-hydroxylation sites is 1. The van der Waals surface area contributed by atoms with Crippen molar-refractivity contribution in [1.82, 2.24) is 9.38 Å². The Labute approximate surface area is 124 Å². The molecule has 4 nitrogen and oxygen atoms in total. The van der Waals surface area contributed by atoms with E-state index in [-0.39, 0.29) is 12.4 Å². The van der Waals surface area contributed by atoms with E-state index in [0.29, 0.717) is 17.0 Å². The largest absolute Gasteiger partial charge is 0.487 e. The number of fused-ring (bicyclic) bond motifs is 1. The second kappa shape index (κ2) is 5.25. The van der Waals surface area contributed by atoms with Crippen molar-refractivity contribution in [2.24, 2.45) is 0 Å². The average molecular weight is 307 g/mol. The number of imidazole rings is 1. The van der Waals surface area contributed by atoms with E-state index in [0.717, 1.165) is 6.07 Å². The molecule has 0 radical (unpaired) electrons. The van der Waals surface area contributed by atoms with Crippen molar-refractivity contribution < 1.29 is 17.9 Å². The summed E-state index contributed by atoms with van der Waals surface area (Å²) in [5.41, 5.74) is 6.67. The molecule has 3 aromatic rings. The molecule has 0 bridgehead atoms. The SMILES string of the molecule is Nc1ccn2c(COc3ccccc3C(F)(F)F)cnc2c1. The first kappa shape index (κ1) is 14.2. The maximum atomic E-state index is 12.9. The van der Waals surface area contributed by atoms with Crippen LogP contribution < -0.4 is 10.5 Å². The Kier molecular flexibility index (Phi) is 3.40. The molecule has 7 heteroatoms. The lowest BCUT2D eigenvalue weighted by molar-refractivity contribution is -0.139. The smallest absolute Gasteiger partial charge is 0.419 e. The molecule has 2 N–H and O–H groups in total. The Balaban J connectivity index is 1.86. The maximum Gasteiger partial charge on any atom is 0.419 e. The van der Waals surface area contributed by atoms with Gasteiger partial charge in [-0.25, -0.2) is 4.98 Å². The molecule has 2 heterocycles. The summed E-state index contributed by atoms with van der Waals surface area (Å²) in [5.74, 6) is -0.208. The lowest BCUT2D eigenvalue weighted by Gasteiger charge is -2.13. The number of nitrogens with zero attached hydrogens (tertiary/aromatic N) is 2. The lowest BCUT2D eigenvalue weighted by Crippen LogP contribution is -2.09. The topological polar surface area (TPSA) is 52.5 Å². The third-order valence-corrected chi connectivity index (χ3v) is 3.18. The maximum absolute atomic E-state index is 12.9. The number of ether oxygens (including phenoxy) is 1. The summed E-state index contributed by atoms with van der Waals surface area (Å²) >= 11 is 0. The summed E-state index contributed by atoms with van der Waals surface area (Å²) in [4.78, 5) is 4.14. The molecule has 0 saturated carbocycles. The van der Waals surface area contributed by atoms with Crippen LogP contribution in [-0.4, -0.2) is 9.38 Å². The van der Waals surface area contributed by atoms with Crippen LogP contribution in [-0.2, 0) is 12.8 Å². The van der Waals surface area contributed by atoms with E-state index in [9.17, 15) is 13.2 Å². The highest BCUT2D eigenvalue weighted by Crippen LogP contribution is 2.36. The first-order valence-electron chi connectivity index (χ1n) is 6.45. The highest BCUT2D eigenvalue weighted by Gasteiger charge is 2.34. The average Bonchev–Trinajstić information content (AvgIpc) is 2.86. The van der Waals surface area contributed by atoms with Crippen molar-refractivity contribution in [3.8, 4) is 5.75 Å². The molecule has 1 aromatic carbocycles. The van der Waals surface area contributed by atoms with Gasteiger partial charge < -0.3 is 14.9 Å². The van der Waals surface area contributed by atoms with Gasteiger partial charge in [0.2, 0.25) is 0 Å². The van der Waals surface area contributed by atoms with Crippen LogP contribution in [0, 0.1) is 0 Å². The summed E-state index contributed by atoms with van der Waals surface area (Å²) in [6, 6.07) is 8.47. The van der Waals surface area contributed by atoms with Crippen LogP contribution in [0.2, 0.25) is 0 Å². The number of pyridine rings is 1. The fraction of sp³-hybridized carbons (Fsp3) is 0.133. The van der Waals surface area contributed by atoms with E-state index in [2.05, 4.69) is 4.98 Å². The molecule has 0 aliphatic rings. The van der Waals surface area contributed by atoms with Gasteiger partial charge in [-0.1, -0.05) is 12.1 Å². The molecule has 0 aliphatic heterocycles. The molecule has 114 valence electrons. The monoisotopic (exact) mass is 307 g/mol. The van der Waals surface area contributed by atoms with Crippen molar-refractivity contribution in [3.05, 3.63) is 60.0 Å². The Morgan fingerprint density at radius 1 is 1.18 bits per heavy atom. The fourth-order valence-electron chi connectivity index (χ4n) is 2.13. The van der Waals surface area contributed by atoms with Gasteiger partial charge in [-0.3, -0.25) is 0 Å². The van der Waals surface area contributed by atoms with Crippen molar-refractivity contribution in [3.63, 3.8) is 0 Å². The van der Waals surface area contributed by atoms with Gasteiger partial charge in [0.25, 0.3) is 0 Å². The van der Waals surface area contributed by atoms with E-state index < -0.39 is 11.7 Å². The predicted molar refractivity (Wildman–Crippen MR) is 75.4 cm³/mol. The summed E-state index contributed by atoms with van der Waals surface area (Å²) in [7, 11) is 0. The number of hydrogen-bond acceptors (Lipinski definition) is 3. The fourth-order valence-corrected chi connectivity index (χ4v) is 2.13. The molecular weight excluding hydrogens is 295 g/mol. The molecule has 2 aromatic heterocycles. The van der Waals surface area contributed by atoms with Gasteiger partial charge in [0.15, 0.2) is 0 Å². The second-order valence-corrected chi connectivity index (χ2v) is 4.72. The summed E-state index contributed by atoms with van der Waals surface area (Å²) in [6.07, 6.45) is -1.21. The van der Waals surface area contributed by atoms with Gasteiger partial charge in [0.1, 0.15) is 18.0 Å². The number of alkyl halides is 3. The van der Waals surface area contributed by atoms with E-state index in [4.69, 9.17) is 10.5 Å². The summed E-state index contributed by atoms with van der Waals surface area (Å²) < 4.78 is 45.7. The molecule has 0 amide bonds. The van der Waals surface area contributed by atoms with Crippen molar-refractivity contribution in [2.45, 2.75) is 12.8 Å². The number of benzene rings is 1. The molecule has 0 saturated heterocycles. The standard InChI is InChI=1S/C15H12F3N3O/c16-15(17,18)12-3-1-2-4-13(12)22-9-11-8-20-14-7-10(19)5-6-21(11)14/h1-8H,9,19H2. The molecular formula is C15H12F3N3O. The van der Waals surface area contributed by atoms with Crippen LogP contribution in [0.5, 0.6) is 5.75 Å². The molecule has 22 heavy (non-hydrogen) atoms. The van der Waals surface area contributed by atoms with Gasteiger partial charge in [0, 0.05) is 18.0 Å². The van der Waals surface area contributed by atoms with Crippen LogP contribution in [0.3, 0.4) is 0 Å². The summed E-state index contributed by atoms with van der Waals surface area (Å²) in [6.45, 7) is -0.0296. The number of anilines is 1. The number of nitrogen functional groups attached to an aromatic ring is 1. The summed E-state index contributed by atoms with van der Waals surface area (Å²) in [5, 5.41) is 0. The Hall–Kier alpha value is -2.70. The van der Waals surface area contributed by atoms with Crippen molar-refractivity contribution >= 4 is 11.3 Å². The Bertz CT molecular complexity index is 811. The van der Waals surface area contributed by atoms with Gasteiger partial charge in [-0.05, 0) is 18.2 Å². The zero-order chi connectivity index (χ0) is 15.7. The quantitative estimate of drug-likeness (QED) is 0.805. The number of aromatic nitrogens is 2. The first-order chi connectivity index (χ1) is 10.4. The van der Waals surface area contributed by atoms with Crippen molar-refractivity contribution in [1.29, 1.82) is 0 Å². The van der Waals surface area contributed by atoms with E-state index in [1.54, 1.807) is 28.9 Å². The molecule has 0 spiro atoms. The zero-order valence-electron chi connectivity index (χ0n) is 11.3. The minimum absolute atomic E-state index is 0.0296. The molecule has 0 atom stereocenters. The van der Waals surface area contributed by atoms with Gasteiger partial charge in [-0.2, -0.15) is 13.2 Å².